The number of carboxylic acids is 1. The Bertz CT molecular complexity index is 962. The highest BCUT2D eigenvalue weighted by atomic mass is 31.2. The van der Waals surface area contributed by atoms with E-state index in [1.54, 1.807) is 13.0 Å². The summed E-state index contributed by atoms with van der Waals surface area (Å²) in [5.74, 6) is -0.107. The largest absolute Gasteiger partial charge is 0.481 e. The Labute approximate surface area is 171 Å². The molecule has 0 saturated carbocycles. The topological polar surface area (TPSA) is 79.3 Å². The van der Waals surface area contributed by atoms with E-state index in [4.69, 9.17) is 9.26 Å². The fourth-order valence-electron chi connectivity index (χ4n) is 3.45. The molecule has 154 valence electrons. The Morgan fingerprint density at radius 3 is 2.59 bits per heavy atom. The van der Waals surface area contributed by atoms with Crippen molar-refractivity contribution in [2.24, 2.45) is 0 Å². The number of aliphatic carboxylic acids is 1. The third-order valence-electron chi connectivity index (χ3n) is 4.83. The number of hydrogen-bond donors (Lipinski definition) is 1. The van der Waals surface area contributed by atoms with Gasteiger partial charge in [-0.15, -0.1) is 0 Å². The number of allylic oxidation sites excluding steroid dienone is 4. The highest BCUT2D eigenvalue weighted by Gasteiger charge is 2.48. The third kappa shape index (κ3) is 4.08. The summed E-state index contributed by atoms with van der Waals surface area (Å²) in [4.78, 5) is 15.4. The van der Waals surface area contributed by atoms with Crippen LogP contribution in [0.15, 0.2) is 47.4 Å². The van der Waals surface area contributed by atoms with Gasteiger partial charge < -0.3 is 24.2 Å². The Hall–Kier alpha value is -2.59. The minimum Gasteiger partial charge on any atom is -0.481 e. The zero-order valence-corrected chi connectivity index (χ0v) is 18.2. The molecule has 0 radical (unpaired) electrons. The van der Waals surface area contributed by atoms with Gasteiger partial charge in [-0.2, -0.15) is 0 Å². The second-order valence-electron chi connectivity index (χ2n) is 7.35. The molecule has 7 nitrogen and oxygen atoms in total. The first-order valence-electron chi connectivity index (χ1n) is 9.33. The second kappa shape index (κ2) is 8.03. The fraction of sp³-hybridized carbons (Fsp3) is 0.381. The molecule has 2 aliphatic rings. The summed E-state index contributed by atoms with van der Waals surface area (Å²) in [6.45, 7) is 1.86. The van der Waals surface area contributed by atoms with E-state index in [1.807, 2.05) is 62.3 Å². The van der Waals surface area contributed by atoms with Crippen LogP contribution in [0.25, 0.3) is 0 Å². The summed E-state index contributed by atoms with van der Waals surface area (Å²) in [6, 6.07) is 5.59. The molecule has 8 heteroatoms. The van der Waals surface area contributed by atoms with Gasteiger partial charge in [-0.1, -0.05) is 6.07 Å². The SMILES string of the molecule is CCOP(=O)(CC(=O)O)C1C2=C(C=C(N(C)C)C=[C+]2)Oc2cc(N(C)C)ccc21. The summed E-state index contributed by atoms with van der Waals surface area (Å²) in [7, 11) is 4.02. The van der Waals surface area contributed by atoms with E-state index < -0.39 is 25.2 Å². The maximum absolute atomic E-state index is 13.8. The first-order valence-corrected chi connectivity index (χ1v) is 11.2. The van der Waals surface area contributed by atoms with E-state index in [2.05, 4.69) is 6.08 Å². The zero-order valence-electron chi connectivity index (χ0n) is 17.3. The van der Waals surface area contributed by atoms with Crippen LogP contribution >= 0.6 is 7.37 Å². The van der Waals surface area contributed by atoms with E-state index in [9.17, 15) is 14.5 Å². The first-order chi connectivity index (χ1) is 13.7. The second-order valence-corrected chi connectivity index (χ2v) is 9.89. The summed E-state index contributed by atoms with van der Waals surface area (Å²) in [5, 5.41) is 9.43. The average molecular weight is 417 g/mol. The molecular weight excluding hydrogens is 391 g/mol. The Morgan fingerprint density at radius 1 is 1.28 bits per heavy atom. The smallest absolute Gasteiger partial charge is 0.313 e. The van der Waals surface area contributed by atoms with Crippen molar-refractivity contribution in [3.05, 3.63) is 59.0 Å². The number of rotatable bonds is 7. The van der Waals surface area contributed by atoms with Crippen LogP contribution in [0.3, 0.4) is 0 Å². The number of anilines is 1. The molecule has 29 heavy (non-hydrogen) atoms. The van der Waals surface area contributed by atoms with Crippen molar-refractivity contribution in [2.75, 3.05) is 45.9 Å². The van der Waals surface area contributed by atoms with Crippen LogP contribution in [-0.4, -0.2) is 56.9 Å². The lowest BCUT2D eigenvalue weighted by Gasteiger charge is -2.31. The highest BCUT2D eigenvalue weighted by molar-refractivity contribution is 7.60. The molecule has 0 bridgehead atoms. The van der Waals surface area contributed by atoms with Gasteiger partial charge in [0.25, 0.3) is 0 Å². The Balaban J connectivity index is 2.22. The van der Waals surface area contributed by atoms with Crippen LogP contribution in [0.4, 0.5) is 5.69 Å². The monoisotopic (exact) mass is 417 g/mol. The van der Waals surface area contributed by atoms with Gasteiger partial charge in [-0.3, -0.25) is 9.36 Å². The number of carboxylic acid groups (broad SMARTS) is 1. The van der Waals surface area contributed by atoms with Crippen LogP contribution in [0.1, 0.15) is 18.1 Å². The van der Waals surface area contributed by atoms with Crippen molar-refractivity contribution in [1.29, 1.82) is 0 Å². The standard InChI is InChI=1S/C21H25N2O5P/c1-6-27-29(26,13-20(24)25)21-16-9-7-14(22(2)3)11-18(16)28-19-12-15(23(4)5)8-10-17(19)21/h7-9,11-12,21H,6,13H2,1-5H3/p+1. The van der Waals surface area contributed by atoms with E-state index in [0.29, 0.717) is 22.6 Å². The molecule has 1 N–H and O–H groups in total. The molecule has 0 amide bonds. The van der Waals surface area contributed by atoms with Gasteiger partial charge in [0.1, 0.15) is 24.0 Å². The average Bonchev–Trinajstić information content (AvgIpc) is 2.64. The first kappa shape index (κ1) is 21.1. The lowest BCUT2D eigenvalue weighted by Crippen LogP contribution is -2.22. The molecule has 0 saturated heterocycles. The van der Waals surface area contributed by atoms with Gasteiger partial charge in [-0.25, -0.2) is 0 Å². The molecule has 1 aromatic rings. The van der Waals surface area contributed by atoms with E-state index in [1.165, 1.54) is 0 Å². The number of fused-ring (bicyclic) bond motifs is 1. The molecular formula is C21H26N2O5P+. The quantitative estimate of drug-likeness (QED) is 0.536. The predicted molar refractivity (Wildman–Crippen MR) is 112 cm³/mol. The predicted octanol–water partition coefficient (Wildman–Crippen LogP) is 3.66. The molecule has 0 spiro atoms. The number of carbonyl (C=O) groups is 1. The molecule has 1 heterocycles. The molecule has 0 aromatic heterocycles. The lowest BCUT2D eigenvalue weighted by atomic mass is 9.96. The van der Waals surface area contributed by atoms with Crippen molar-refractivity contribution in [3.8, 4) is 5.75 Å². The van der Waals surface area contributed by atoms with Crippen LogP contribution in [0.5, 0.6) is 5.75 Å². The van der Waals surface area contributed by atoms with E-state index >= 15 is 0 Å². The Morgan fingerprint density at radius 2 is 2.00 bits per heavy atom. The molecule has 3 rings (SSSR count). The molecule has 1 aliphatic carbocycles. The van der Waals surface area contributed by atoms with E-state index in [0.717, 1.165) is 11.4 Å². The number of benzene rings is 1. The lowest BCUT2D eigenvalue weighted by molar-refractivity contribution is -0.134. The summed E-state index contributed by atoms with van der Waals surface area (Å²) in [6.07, 6.45) is 6.25. The number of hydrogen-bond acceptors (Lipinski definition) is 6. The normalized spacial score (nSPS) is 19.2. The molecule has 1 aliphatic heterocycles. The fourth-order valence-corrected chi connectivity index (χ4v) is 5.92. The van der Waals surface area contributed by atoms with Gasteiger partial charge in [0, 0.05) is 45.5 Å². The maximum Gasteiger partial charge on any atom is 0.313 e. The minimum atomic E-state index is -3.63. The van der Waals surface area contributed by atoms with Crippen molar-refractivity contribution in [2.45, 2.75) is 12.6 Å². The highest BCUT2D eigenvalue weighted by Crippen LogP contribution is 2.66. The zero-order chi connectivity index (χ0) is 21.3. The van der Waals surface area contributed by atoms with Gasteiger partial charge >= 0.3 is 5.97 Å². The van der Waals surface area contributed by atoms with Crippen LogP contribution in [0, 0.1) is 6.08 Å². The number of likely N-dealkylation sites (N-methyl/N-ethyl adjacent to an activating group) is 1. The van der Waals surface area contributed by atoms with Crippen molar-refractivity contribution in [3.63, 3.8) is 0 Å². The summed E-state index contributed by atoms with van der Waals surface area (Å²) in [5.41, 5.74) is 2.24. The van der Waals surface area contributed by atoms with Gasteiger partial charge in [0.2, 0.25) is 13.1 Å². The molecule has 2 atom stereocenters. The van der Waals surface area contributed by atoms with Crippen molar-refractivity contribution < 1.29 is 23.7 Å². The summed E-state index contributed by atoms with van der Waals surface area (Å²) >= 11 is 0. The number of ether oxygens (including phenoxy) is 1. The van der Waals surface area contributed by atoms with Gasteiger partial charge in [-0.05, 0) is 13.0 Å². The third-order valence-corrected chi connectivity index (χ3v) is 7.56. The van der Waals surface area contributed by atoms with Crippen LogP contribution in [-0.2, 0) is 13.9 Å². The molecule has 0 fully saturated rings. The maximum atomic E-state index is 13.8. The van der Waals surface area contributed by atoms with Crippen molar-refractivity contribution >= 4 is 19.0 Å². The van der Waals surface area contributed by atoms with Gasteiger partial charge in [0.05, 0.1) is 12.7 Å². The van der Waals surface area contributed by atoms with Crippen LogP contribution in [0.2, 0.25) is 0 Å². The minimum absolute atomic E-state index is 0.151. The van der Waals surface area contributed by atoms with Gasteiger partial charge in [0.15, 0.2) is 17.0 Å². The number of nitrogens with zero attached hydrogens (tertiary/aromatic N) is 2. The summed E-state index contributed by atoms with van der Waals surface area (Å²) < 4.78 is 25.6. The van der Waals surface area contributed by atoms with Crippen LogP contribution < -0.4 is 9.64 Å². The molecule has 1 aromatic carbocycles. The van der Waals surface area contributed by atoms with E-state index in [-0.39, 0.29) is 6.61 Å². The van der Waals surface area contributed by atoms with Crippen molar-refractivity contribution in [1.82, 2.24) is 4.90 Å². The Kier molecular flexibility index (Phi) is 5.85. The molecule has 2 unspecified atom stereocenters.